The van der Waals surface area contributed by atoms with E-state index in [1.807, 2.05) is 32.9 Å². The van der Waals surface area contributed by atoms with E-state index >= 15 is 0 Å². The predicted molar refractivity (Wildman–Crippen MR) is 115 cm³/mol. The smallest absolute Gasteiger partial charge is 0.325 e. The number of imide groups is 1. The van der Waals surface area contributed by atoms with Gasteiger partial charge in [-0.2, -0.15) is 0 Å². The Morgan fingerprint density at radius 1 is 1.00 bits per heavy atom. The summed E-state index contributed by atoms with van der Waals surface area (Å²) in [5, 5.41) is 2.75. The fraction of sp³-hybridized carbons (Fsp3) is 0.375. The molecule has 0 aromatic heterocycles. The zero-order valence-electron chi connectivity index (χ0n) is 18.2. The van der Waals surface area contributed by atoms with Crippen molar-refractivity contribution in [2.45, 2.75) is 39.7 Å². The molecule has 2 aliphatic heterocycles. The molecule has 0 aliphatic carbocycles. The van der Waals surface area contributed by atoms with Crippen molar-refractivity contribution in [2.24, 2.45) is 0 Å². The molecule has 3 amide bonds. The first kappa shape index (κ1) is 20.9. The van der Waals surface area contributed by atoms with Gasteiger partial charge in [0, 0.05) is 12.0 Å². The first-order valence-corrected chi connectivity index (χ1v) is 10.4. The molecule has 0 spiro atoms. The Morgan fingerprint density at radius 2 is 1.68 bits per heavy atom. The van der Waals surface area contributed by atoms with E-state index in [0.29, 0.717) is 35.8 Å². The van der Waals surface area contributed by atoms with Crippen LogP contribution in [0.3, 0.4) is 0 Å². The topological polar surface area (TPSA) is 84.9 Å². The van der Waals surface area contributed by atoms with Gasteiger partial charge in [0.15, 0.2) is 17.3 Å². The van der Waals surface area contributed by atoms with Crippen molar-refractivity contribution in [3.63, 3.8) is 0 Å². The minimum absolute atomic E-state index is 0.271. The summed E-state index contributed by atoms with van der Waals surface area (Å²) in [4.78, 5) is 39.9. The number of ether oxygens (including phenoxy) is 2. The van der Waals surface area contributed by atoms with Crippen LogP contribution in [0.5, 0.6) is 11.5 Å². The Hall–Kier alpha value is -3.35. The van der Waals surface area contributed by atoms with E-state index in [2.05, 4.69) is 5.32 Å². The molecule has 2 aromatic rings. The fourth-order valence-corrected chi connectivity index (χ4v) is 4.00. The maximum atomic E-state index is 13.3. The second-order valence-corrected chi connectivity index (χ2v) is 8.33. The van der Waals surface area contributed by atoms with Crippen molar-refractivity contribution in [1.82, 2.24) is 10.2 Å². The lowest BCUT2D eigenvalue weighted by molar-refractivity contribution is -0.130. The van der Waals surface area contributed by atoms with Crippen molar-refractivity contribution in [3.05, 3.63) is 58.1 Å². The zero-order valence-corrected chi connectivity index (χ0v) is 18.2. The molecule has 0 bridgehead atoms. The molecule has 1 atom stereocenters. The predicted octanol–water partition coefficient (Wildman–Crippen LogP) is 3.42. The maximum absolute atomic E-state index is 13.3. The molecular weight excluding hydrogens is 396 g/mol. The molecule has 2 aromatic carbocycles. The number of carbonyl (C=O) groups is 3. The summed E-state index contributed by atoms with van der Waals surface area (Å²) >= 11 is 0. The Bertz CT molecular complexity index is 1090. The van der Waals surface area contributed by atoms with Crippen LogP contribution in [-0.4, -0.2) is 42.4 Å². The number of amides is 3. The molecule has 1 fully saturated rings. The zero-order chi connectivity index (χ0) is 22.3. The Morgan fingerprint density at radius 3 is 2.42 bits per heavy atom. The van der Waals surface area contributed by atoms with Crippen LogP contribution in [0.4, 0.5) is 4.79 Å². The number of rotatable bonds is 4. The number of carbonyl (C=O) groups excluding carboxylic acids is 3. The van der Waals surface area contributed by atoms with Crippen molar-refractivity contribution in [2.75, 3.05) is 19.8 Å². The third-order valence-electron chi connectivity index (χ3n) is 6.04. The van der Waals surface area contributed by atoms with Crippen LogP contribution in [0.2, 0.25) is 0 Å². The molecule has 4 rings (SSSR count). The highest BCUT2D eigenvalue weighted by atomic mass is 16.5. The molecule has 7 heteroatoms. The number of benzene rings is 2. The van der Waals surface area contributed by atoms with Crippen LogP contribution < -0.4 is 14.8 Å². The van der Waals surface area contributed by atoms with Crippen LogP contribution in [0.25, 0.3) is 0 Å². The Kier molecular flexibility index (Phi) is 5.21. The summed E-state index contributed by atoms with van der Waals surface area (Å²) in [5.74, 6) is 0.409. The highest BCUT2D eigenvalue weighted by molar-refractivity contribution is 6.11. The molecule has 0 radical (unpaired) electrons. The van der Waals surface area contributed by atoms with E-state index in [-0.39, 0.29) is 12.3 Å². The van der Waals surface area contributed by atoms with Gasteiger partial charge in [0.05, 0.1) is 19.8 Å². The van der Waals surface area contributed by atoms with Gasteiger partial charge < -0.3 is 14.8 Å². The SMILES string of the molecule is Cc1cc(C)c(C(=O)CN2C(=O)N[C@](C)(c3ccc4c(c3)OCCCO4)C2=O)cc1C. The van der Waals surface area contributed by atoms with Crippen LogP contribution >= 0.6 is 0 Å². The van der Waals surface area contributed by atoms with E-state index < -0.39 is 17.5 Å². The largest absolute Gasteiger partial charge is 0.490 e. The molecule has 1 N–H and O–H groups in total. The molecule has 1 saturated heterocycles. The Labute approximate surface area is 181 Å². The van der Waals surface area contributed by atoms with Gasteiger partial charge in [0.1, 0.15) is 5.54 Å². The fourth-order valence-electron chi connectivity index (χ4n) is 4.00. The van der Waals surface area contributed by atoms with Gasteiger partial charge in [-0.3, -0.25) is 14.5 Å². The molecule has 2 heterocycles. The minimum atomic E-state index is -1.29. The summed E-state index contributed by atoms with van der Waals surface area (Å²) < 4.78 is 11.4. The van der Waals surface area contributed by atoms with Crippen molar-refractivity contribution >= 4 is 17.7 Å². The number of aryl methyl sites for hydroxylation is 3. The van der Waals surface area contributed by atoms with Crippen LogP contribution in [0.1, 0.15) is 46.0 Å². The van der Waals surface area contributed by atoms with Gasteiger partial charge >= 0.3 is 6.03 Å². The quantitative estimate of drug-likeness (QED) is 0.603. The lowest BCUT2D eigenvalue weighted by atomic mass is 9.91. The van der Waals surface area contributed by atoms with E-state index in [4.69, 9.17) is 9.47 Å². The summed E-state index contributed by atoms with van der Waals surface area (Å²) in [6, 6.07) is 8.37. The molecule has 31 heavy (non-hydrogen) atoms. The average molecular weight is 422 g/mol. The number of nitrogens with one attached hydrogen (secondary N) is 1. The van der Waals surface area contributed by atoms with Gasteiger partial charge in [-0.25, -0.2) is 4.79 Å². The van der Waals surface area contributed by atoms with Gasteiger partial charge in [0.25, 0.3) is 5.91 Å². The number of Topliss-reactive ketones (excluding diaryl/α,β-unsaturated/α-hetero) is 1. The molecule has 162 valence electrons. The van der Waals surface area contributed by atoms with Crippen molar-refractivity contribution < 1.29 is 23.9 Å². The highest BCUT2D eigenvalue weighted by Crippen LogP contribution is 2.36. The molecule has 0 unspecified atom stereocenters. The third kappa shape index (κ3) is 3.65. The Balaban J connectivity index is 1.59. The molecular formula is C24H26N2O5. The minimum Gasteiger partial charge on any atom is -0.490 e. The lowest BCUT2D eigenvalue weighted by Gasteiger charge is -2.23. The third-order valence-corrected chi connectivity index (χ3v) is 6.04. The van der Waals surface area contributed by atoms with Gasteiger partial charge in [-0.1, -0.05) is 12.1 Å². The first-order chi connectivity index (χ1) is 14.7. The number of hydrogen-bond donors (Lipinski definition) is 1. The van der Waals surface area contributed by atoms with E-state index in [1.54, 1.807) is 25.1 Å². The number of nitrogens with zero attached hydrogens (tertiary/aromatic N) is 1. The lowest BCUT2D eigenvalue weighted by Crippen LogP contribution is -2.41. The maximum Gasteiger partial charge on any atom is 0.325 e. The second kappa shape index (κ2) is 7.72. The van der Waals surface area contributed by atoms with Gasteiger partial charge in [0.2, 0.25) is 0 Å². The van der Waals surface area contributed by atoms with E-state index in [1.165, 1.54) is 0 Å². The summed E-state index contributed by atoms with van der Waals surface area (Å²) in [6.07, 6.45) is 0.769. The summed E-state index contributed by atoms with van der Waals surface area (Å²) in [5.41, 5.74) is 2.71. The summed E-state index contributed by atoms with van der Waals surface area (Å²) in [7, 11) is 0. The van der Waals surface area contributed by atoms with Crippen LogP contribution in [-0.2, 0) is 10.3 Å². The average Bonchev–Trinajstić information content (AvgIpc) is 2.90. The standard InChI is InChI=1S/C24H26N2O5/c1-14-10-16(3)18(11-15(14)2)19(27)13-26-22(28)24(4,25-23(26)29)17-6-7-20-21(12-17)31-9-5-8-30-20/h6-7,10-12H,5,8-9,13H2,1-4H3,(H,25,29)/t24-/m1/s1. The molecule has 2 aliphatic rings. The number of hydrogen-bond acceptors (Lipinski definition) is 5. The monoisotopic (exact) mass is 422 g/mol. The van der Waals surface area contributed by atoms with E-state index in [9.17, 15) is 14.4 Å². The van der Waals surface area contributed by atoms with Crippen LogP contribution in [0, 0.1) is 20.8 Å². The normalized spacial score (nSPS) is 20.5. The number of ketones is 1. The van der Waals surface area contributed by atoms with Gasteiger partial charge in [-0.05, 0) is 68.1 Å². The van der Waals surface area contributed by atoms with Crippen LogP contribution in [0.15, 0.2) is 30.3 Å². The first-order valence-electron chi connectivity index (χ1n) is 10.4. The highest BCUT2D eigenvalue weighted by Gasteiger charge is 2.49. The van der Waals surface area contributed by atoms with E-state index in [0.717, 1.165) is 28.0 Å². The summed E-state index contributed by atoms with van der Waals surface area (Å²) in [6.45, 7) is 8.17. The molecule has 7 nitrogen and oxygen atoms in total. The van der Waals surface area contributed by atoms with Crippen molar-refractivity contribution in [1.29, 1.82) is 0 Å². The number of urea groups is 1. The van der Waals surface area contributed by atoms with Crippen molar-refractivity contribution in [3.8, 4) is 11.5 Å². The number of fused-ring (bicyclic) bond motifs is 1. The van der Waals surface area contributed by atoms with Gasteiger partial charge in [-0.15, -0.1) is 0 Å². The second-order valence-electron chi connectivity index (χ2n) is 8.33. The molecule has 0 saturated carbocycles.